The highest BCUT2D eigenvalue weighted by Gasteiger charge is 2.36. The third kappa shape index (κ3) is 2.97. The van der Waals surface area contributed by atoms with E-state index in [9.17, 15) is 0 Å². The van der Waals surface area contributed by atoms with Crippen molar-refractivity contribution in [1.82, 2.24) is 25.3 Å². The van der Waals surface area contributed by atoms with Crippen molar-refractivity contribution < 1.29 is 0 Å². The number of fused-ring (bicyclic) bond motifs is 3. The molecule has 3 atom stereocenters. The zero-order valence-corrected chi connectivity index (χ0v) is 16.9. The Balaban J connectivity index is 1.39. The van der Waals surface area contributed by atoms with Crippen LogP contribution in [0.3, 0.4) is 0 Å². The number of nitrogens with zero attached hydrogens (tertiary/aromatic N) is 5. The molecule has 0 aliphatic carbocycles. The van der Waals surface area contributed by atoms with Gasteiger partial charge in [0, 0.05) is 37.6 Å². The highest BCUT2D eigenvalue weighted by Crippen LogP contribution is 2.37. The van der Waals surface area contributed by atoms with Gasteiger partial charge in [-0.3, -0.25) is 0 Å². The zero-order chi connectivity index (χ0) is 17.0. The Bertz CT molecular complexity index is 864. The lowest BCUT2D eigenvalue weighted by molar-refractivity contribution is 0.354. The number of thiazole rings is 2. The standard InChI is InChI=1S/C16H17BrN6S2/c1-23(11-4-9-2-3-10(5-11)20-9)16-22-15-14(25-16)21-13(24-15)12-18-6-8(17)7-19-12/h6-7,9-11,20H,2-5H2,1H3/t9-,10+,11?. The van der Waals surface area contributed by atoms with Crippen LogP contribution < -0.4 is 10.2 Å². The molecule has 0 spiro atoms. The van der Waals surface area contributed by atoms with Crippen LogP contribution >= 0.6 is 38.6 Å². The molecule has 25 heavy (non-hydrogen) atoms. The summed E-state index contributed by atoms with van der Waals surface area (Å²) in [6, 6.07) is 1.95. The molecule has 2 saturated heterocycles. The fourth-order valence-corrected chi connectivity index (χ4v) is 6.03. The smallest absolute Gasteiger partial charge is 0.188 e. The maximum absolute atomic E-state index is 4.84. The number of rotatable bonds is 3. The lowest BCUT2D eigenvalue weighted by Crippen LogP contribution is -2.47. The van der Waals surface area contributed by atoms with E-state index in [1.165, 1.54) is 25.7 Å². The van der Waals surface area contributed by atoms with Crippen molar-refractivity contribution in [3.05, 3.63) is 16.9 Å². The predicted molar refractivity (Wildman–Crippen MR) is 105 cm³/mol. The molecule has 1 unspecified atom stereocenters. The van der Waals surface area contributed by atoms with Gasteiger partial charge >= 0.3 is 0 Å². The Labute approximate surface area is 161 Å². The second-order valence-corrected chi connectivity index (χ2v) is 9.57. The predicted octanol–water partition coefficient (Wildman–Crippen LogP) is 3.69. The molecule has 5 heterocycles. The van der Waals surface area contributed by atoms with Crippen LogP contribution in [0.15, 0.2) is 16.9 Å². The van der Waals surface area contributed by atoms with E-state index in [0.717, 1.165) is 24.3 Å². The largest absolute Gasteiger partial charge is 0.348 e. The molecule has 2 fully saturated rings. The number of aromatic nitrogens is 4. The number of nitrogens with one attached hydrogen (secondary N) is 1. The molecule has 1 N–H and O–H groups in total. The molecule has 0 radical (unpaired) electrons. The van der Waals surface area contributed by atoms with Crippen LogP contribution in [0.2, 0.25) is 0 Å². The van der Waals surface area contributed by atoms with Crippen molar-refractivity contribution in [2.45, 2.75) is 43.8 Å². The Kier molecular flexibility index (Phi) is 3.99. The van der Waals surface area contributed by atoms with Crippen LogP contribution in [0.1, 0.15) is 25.7 Å². The summed E-state index contributed by atoms with van der Waals surface area (Å²) in [5, 5.41) is 5.61. The molecule has 9 heteroatoms. The summed E-state index contributed by atoms with van der Waals surface area (Å²) in [6.45, 7) is 0. The molecule has 3 aromatic rings. The Hall–Kier alpha value is -1.16. The third-order valence-corrected chi connectivity index (χ3v) is 7.60. The van der Waals surface area contributed by atoms with Crippen LogP contribution in [0.5, 0.6) is 0 Å². The molecule has 0 saturated carbocycles. The Morgan fingerprint density at radius 2 is 1.76 bits per heavy atom. The van der Waals surface area contributed by atoms with E-state index in [2.05, 4.69) is 43.2 Å². The van der Waals surface area contributed by atoms with E-state index in [1.54, 1.807) is 35.1 Å². The molecular weight excluding hydrogens is 420 g/mol. The van der Waals surface area contributed by atoms with Crippen LogP contribution in [0.4, 0.5) is 5.13 Å². The molecule has 2 aliphatic rings. The summed E-state index contributed by atoms with van der Waals surface area (Å²) in [4.78, 5) is 22.5. The minimum absolute atomic E-state index is 0.577. The van der Waals surface area contributed by atoms with Gasteiger partial charge < -0.3 is 10.2 Å². The molecule has 5 rings (SSSR count). The van der Waals surface area contributed by atoms with E-state index in [4.69, 9.17) is 9.97 Å². The van der Waals surface area contributed by atoms with Gasteiger partial charge in [0.15, 0.2) is 25.6 Å². The van der Waals surface area contributed by atoms with Gasteiger partial charge in [-0.15, -0.1) is 0 Å². The third-order valence-electron chi connectivity index (χ3n) is 5.07. The number of hydrogen-bond acceptors (Lipinski definition) is 8. The fourth-order valence-electron chi connectivity index (χ4n) is 3.80. The first-order valence-corrected chi connectivity index (χ1v) is 10.8. The van der Waals surface area contributed by atoms with Gasteiger partial charge in [-0.25, -0.2) is 19.9 Å². The normalized spacial score (nSPS) is 25.6. The lowest BCUT2D eigenvalue weighted by atomic mass is 9.99. The number of hydrogen-bond donors (Lipinski definition) is 1. The first kappa shape index (κ1) is 16.0. The van der Waals surface area contributed by atoms with Crippen LogP contribution in [0.25, 0.3) is 20.5 Å². The van der Waals surface area contributed by atoms with E-state index >= 15 is 0 Å². The van der Waals surface area contributed by atoms with Crippen molar-refractivity contribution in [2.24, 2.45) is 0 Å². The van der Waals surface area contributed by atoms with Crippen molar-refractivity contribution in [1.29, 1.82) is 0 Å². The van der Waals surface area contributed by atoms with Gasteiger partial charge in [-0.05, 0) is 41.6 Å². The quantitative estimate of drug-likeness (QED) is 0.674. The van der Waals surface area contributed by atoms with E-state index in [-0.39, 0.29) is 0 Å². The lowest BCUT2D eigenvalue weighted by Gasteiger charge is -2.35. The maximum atomic E-state index is 4.84. The molecule has 6 nitrogen and oxygen atoms in total. The summed E-state index contributed by atoms with van der Waals surface area (Å²) < 4.78 is 0.868. The average Bonchev–Trinajstić information content (AvgIpc) is 3.27. The minimum Gasteiger partial charge on any atom is -0.348 e. The monoisotopic (exact) mass is 436 g/mol. The SMILES string of the molecule is CN(c1nc2sc(-c3ncc(Br)cn3)nc2s1)C1C[C@H]2CC[C@@H](C1)N2. The van der Waals surface area contributed by atoms with Gasteiger partial charge in [0.2, 0.25) is 0 Å². The van der Waals surface area contributed by atoms with Gasteiger partial charge in [0.25, 0.3) is 0 Å². The summed E-state index contributed by atoms with van der Waals surface area (Å²) >= 11 is 6.59. The second kappa shape index (κ2) is 6.22. The van der Waals surface area contributed by atoms with Crippen LogP contribution in [-0.2, 0) is 0 Å². The summed E-state index contributed by atoms with van der Waals surface area (Å²) in [5.41, 5.74) is 0. The van der Waals surface area contributed by atoms with Gasteiger partial charge in [-0.2, -0.15) is 0 Å². The molecule has 2 aliphatic heterocycles. The summed E-state index contributed by atoms with van der Waals surface area (Å²) in [6.07, 6.45) is 8.56. The van der Waals surface area contributed by atoms with E-state index in [1.807, 2.05) is 0 Å². The van der Waals surface area contributed by atoms with E-state index in [0.29, 0.717) is 23.9 Å². The highest BCUT2D eigenvalue weighted by molar-refractivity contribution is 9.10. The number of anilines is 1. The molecule has 2 bridgehead atoms. The maximum Gasteiger partial charge on any atom is 0.188 e. The summed E-state index contributed by atoms with van der Waals surface area (Å²) in [7, 11) is 2.18. The second-order valence-electron chi connectivity index (χ2n) is 6.72. The molecule has 3 aromatic heterocycles. The molecule has 0 aromatic carbocycles. The van der Waals surface area contributed by atoms with Crippen molar-refractivity contribution in [3.8, 4) is 10.8 Å². The minimum atomic E-state index is 0.577. The number of halogens is 1. The first-order valence-electron chi connectivity index (χ1n) is 8.40. The van der Waals surface area contributed by atoms with E-state index < -0.39 is 0 Å². The zero-order valence-electron chi connectivity index (χ0n) is 13.6. The van der Waals surface area contributed by atoms with Crippen molar-refractivity contribution in [2.75, 3.05) is 11.9 Å². The van der Waals surface area contributed by atoms with Crippen LogP contribution in [-0.4, -0.2) is 45.1 Å². The number of piperidine rings is 1. The Morgan fingerprint density at radius 1 is 1.08 bits per heavy atom. The average molecular weight is 437 g/mol. The van der Waals surface area contributed by atoms with Crippen molar-refractivity contribution >= 4 is 53.4 Å². The highest BCUT2D eigenvalue weighted by atomic mass is 79.9. The van der Waals surface area contributed by atoms with Gasteiger partial charge in [0.05, 0.1) is 4.47 Å². The Morgan fingerprint density at radius 3 is 2.44 bits per heavy atom. The van der Waals surface area contributed by atoms with Gasteiger partial charge in [0.1, 0.15) is 0 Å². The molecule has 130 valence electrons. The van der Waals surface area contributed by atoms with Crippen molar-refractivity contribution in [3.63, 3.8) is 0 Å². The molecular formula is C16H17BrN6S2. The van der Waals surface area contributed by atoms with Gasteiger partial charge in [-0.1, -0.05) is 22.7 Å². The van der Waals surface area contributed by atoms with Crippen LogP contribution in [0, 0.1) is 0 Å². The molecule has 0 amide bonds. The topological polar surface area (TPSA) is 66.8 Å². The first-order chi connectivity index (χ1) is 12.2. The summed E-state index contributed by atoms with van der Waals surface area (Å²) in [5.74, 6) is 0.656. The fraction of sp³-hybridized carbons (Fsp3) is 0.500.